The number of benzene rings is 4. The van der Waals surface area contributed by atoms with Gasteiger partial charge in [-0.3, -0.25) is 38.9 Å². The summed E-state index contributed by atoms with van der Waals surface area (Å²) in [6.45, 7) is 0.842. The molecule has 0 aliphatic heterocycles. The average molecular weight is 925 g/mol. The van der Waals surface area contributed by atoms with Crippen molar-refractivity contribution in [1.29, 1.82) is 0 Å². The molecule has 4 aromatic rings. The van der Waals surface area contributed by atoms with Gasteiger partial charge in [0.05, 0.1) is 23.7 Å². The number of nitro benzene ring substituents is 1. The molecule has 66 heavy (non-hydrogen) atoms. The van der Waals surface area contributed by atoms with Crippen molar-refractivity contribution in [2.75, 3.05) is 43.6 Å². The molecule has 4 rings (SSSR count). The Morgan fingerprint density at radius 1 is 0.773 bits per heavy atom. The average Bonchev–Trinajstić information content (AvgIpc) is 3.30. The number of nitrogens with one attached hydrogen (secondary N) is 6. The fourth-order valence-electron chi connectivity index (χ4n) is 6.44. The van der Waals surface area contributed by atoms with Gasteiger partial charge in [-0.25, -0.2) is 4.79 Å². The molecule has 3 atom stereocenters. The molecule has 3 unspecified atom stereocenters. The molecule has 0 fully saturated rings. The van der Waals surface area contributed by atoms with Crippen molar-refractivity contribution in [3.63, 3.8) is 0 Å². The number of thioether (sulfide) groups is 1. The lowest BCUT2D eigenvalue weighted by atomic mass is 10.0. The summed E-state index contributed by atoms with van der Waals surface area (Å²) in [4.78, 5) is 102. The Labute approximate surface area is 384 Å². The minimum Gasteiger partial charge on any atom is -0.506 e. The zero-order chi connectivity index (χ0) is 48.2. The summed E-state index contributed by atoms with van der Waals surface area (Å²) in [6.07, 6.45) is 4.06. The van der Waals surface area contributed by atoms with Gasteiger partial charge in [0.2, 0.25) is 30.0 Å². The van der Waals surface area contributed by atoms with E-state index in [0.29, 0.717) is 34.5 Å². The second-order valence-electron chi connectivity index (χ2n) is 15.0. The lowest BCUT2D eigenvalue weighted by Gasteiger charge is -2.22. The van der Waals surface area contributed by atoms with Gasteiger partial charge in [-0.05, 0) is 60.8 Å². The number of carbonyl (C=O) groups is 7. The Hall–Kier alpha value is -7.74. The highest BCUT2D eigenvalue weighted by Gasteiger charge is 2.28. The summed E-state index contributed by atoms with van der Waals surface area (Å²) in [7, 11) is 1.64. The SMILES string of the molecule is CSCCC(NC(=O)C(Cc1ccccc1)NC(=O)CNC(=O)CNC(=O)C(Cc1ccc(C)cc1)NC(=O)c1ccc(N(C)C/C=C(\NC=O)c2cccc([N+](=O)[O-])c2)c(O)c1)C(=O)O. The largest absolute Gasteiger partial charge is 0.506 e. The number of anilines is 1. The third kappa shape index (κ3) is 16.1. The van der Waals surface area contributed by atoms with Gasteiger partial charge in [0.15, 0.2) is 0 Å². The first-order chi connectivity index (χ1) is 31.6. The molecule has 8 N–H and O–H groups in total. The van der Waals surface area contributed by atoms with Crippen LogP contribution < -0.4 is 36.8 Å². The van der Waals surface area contributed by atoms with Crippen LogP contribution in [0.2, 0.25) is 0 Å². The van der Waals surface area contributed by atoms with Gasteiger partial charge >= 0.3 is 5.97 Å². The number of amides is 6. The number of nitrogens with zero attached hydrogens (tertiary/aromatic N) is 2. The van der Waals surface area contributed by atoms with Crippen molar-refractivity contribution in [1.82, 2.24) is 31.9 Å². The van der Waals surface area contributed by atoms with Crippen molar-refractivity contribution in [3.8, 4) is 5.75 Å². The maximum atomic E-state index is 13.6. The summed E-state index contributed by atoms with van der Waals surface area (Å²) < 4.78 is 0. The minimum absolute atomic E-state index is 0.00301. The molecule has 6 amide bonds. The number of carboxylic acid groups (broad SMARTS) is 1. The number of hydrogen-bond acceptors (Lipinski definition) is 12. The Morgan fingerprint density at radius 3 is 2.08 bits per heavy atom. The molecule has 0 aliphatic rings. The van der Waals surface area contributed by atoms with E-state index in [4.69, 9.17) is 0 Å². The Morgan fingerprint density at radius 2 is 1.44 bits per heavy atom. The number of phenols is 1. The van der Waals surface area contributed by atoms with Crippen molar-refractivity contribution in [2.24, 2.45) is 0 Å². The number of aliphatic carboxylic acids is 1. The van der Waals surface area contributed by atoms with Gasteiger partial charge in [-0.1, -0.05) is 72.3 Å². The molecule has 0 saturated carbocycles. The zero-order valence-electron chi connectivity index (χ0n) is 36.4. The standard InChI is InChI=1S/C46H52N8O11S/c1-29-12-14-31(15-13-29)23-37(52-43(59)33-16-17-39(40(56)25-33)53(2)20-18-35(49-28-55)32-10-7-11-34(24-32)54(64)65)44(60)48-26-41(57)47-27-42(58)50-38(22-30-8-5-4-6-9-30)45(61)51-36(46(62)63)19-21-66-3/h4-18,24-25,28,36-38,56H,19-23,26-27H2,1-3H3,(H,47,57)(H,48,60)(H,49,55)(H,50,58)(H,51,61)(H,52,59)(H,62,63)/b35-18-. The molecular formula is C46H52N8O11S. The highest BCUT2D eigenvalue weighted by molar-refractivity contribution is 7.98. The Kier molecular flexibility index (Phi) is 19.7. The van der Waals surface area contributed by atoms with Gasteiger partial charge in [-0.15, -0.1) is 0 Å². The topological polar surface area (TPSA) is 279 Å². The second kappa shape index (κ2) is 25.5. The van der Waals surface area contributed by atoms with Crippen LogP contribution in [0.1, 0.15) is 39.0 Å². The molecule has 0 saturated heterocycles. The molecule has 0 aliphatic carbocycles. The van der Waals surface area contributed by atoms with Crippen molar-refractivity contribution in [3.05, 3.63) is 141 Å². The first-order valence-corrected chi connectivity index (χ1v) is 21.9. The maximum Gasteiger partial charge on any atom is 0.326 e. The molecule has 19 nitrogen and oxygen atoms in total. The number of nitro groups is 1. The van der Waals surface area contributed by atoms with E-state index in [9.17, 15) is 53.9 Å². The van der Waals surface area contributed by atoms with Crippen LogP contribution in [0.15, 0.2) is 103 Å². The van der Waals surface area contributed by atoms with Gasteiger partial charge in [0.1, 0.15) is 23.9 Å². The number of phenolic OH excluding ortho intramolecular Hbond substituents is 1. The number of aryl methyl sites for hydroxylation is 1. The molecular weight excluding hydrogens is 873 g/mol. The summed E-state index contributed by atoms with van der Waals surface area (Å²) in [5, 5.41) is 47.0. The predicted octanol–water partition coefficient (Wildman–Crippen LogP) is 2.46. The predicted molar refractivity (Wildman–Crippen MR) is 248 cm³/mol. The number of non-ortho nitro benzene ring substituents is 1. The highest BCUT2D eigenvalue weighted by atomic mass is 32.2. The van der Waals surface area contributed by atoms with E-state index in [1.54, 1.807) is 72.8 Å². The van der Waals surface area contributed by atoms with Crippen LogP contribution in [0.5, 0.6) is 5.75 Å². The summed E-state index contributed by atoms with van der Waals surface area (Å²) >= 11 is 1.42. The number of likely N-dealkylation sites (N-methyl/N-ethyl adjacent to an activating group) is 1. The van der Waals surface area contributed by atoms with E-state index < -0.39 is 71.6 Å². The van der Waals surface area contributed by atoms with E-state index in [1.807, 2.05) is 19.1 Å². The summed E-state index contributed by atoms with van der Waals surface area (Å²) in [5.41, 5.74) is 3.15. The second-order valence-corrected chi connectivity index (χ2v) is 16.0. The molecule has 20 heteroatoms. The zero-order valence-corrected chi connectivity index (χ0v) is 37.3. The number of hydrogen-bond donors (Lipinski definition) is 8. The minimum atomic E-state index is -1.22. The Bertz CT molecular complexity index is 2400. The van der Waals surface area contributed by atoms with Crippen LogP contribution in [0.3, 0.4) is 0 Å². The van der Waals surface area contributed by atoms with Crippen LogP contribution in [0, 0.1) is 17.0 Å². The number of aromatic hydroxyl groups is 1. The summed E-state index contributed by atoms with van der Waals surface area (Å²) in [5.74, 6) is -4.70. The van der Waals surface area contributed by atoms with Crippen LogP contribution in [-0.4, -0.2) is 114 Å². The van der Waals surface area contributed by atoms with E-state index in [1.165, 1.54) is 48.2 Å². The fourth-order valence-corrected chi connectivity index (χ4v) is 6.91. The number of rotatable bonds is 25. The van der Waals surface area contributed by atoms with Crippen molar-refractivity contribution >= 4 is 70.7 Å². The third-order valence-electron chi connectivity index (χ3n) is 10.0. The molecule has 0 radical (unpaired) electrons. The van der Waals surface area contributed by atoms with Crippen molar-refractivity contribution in [2.45, 2.75) is 44.3 Å². The van der Waals surface area contributed by atoms with Gasteiger partial charge in [0.25, 0.3) is 11.6 Å². The molecule has 0 aromatic heterocycles. The smallest absolute Gasteiger partial charge is 0.326 e. The molecule has 0 bridgehead atoms. The molecule has 0 spiro atoms. The van der Waals surface area contributed by atoms with E-state index in [-0.39, 0.29) is 48.5 Å². The molecule has 348 valence electrons. The maximum absolute atomic E-state index is 13.6. The fraction of sp³-hybridized carbons (Fsp3) is 0.283. The quantitative estimate of drug-likeness (QED) is 0.0270. The van der Waals surface area contributed by atoms with E-state index >= 15 is 0 Å². The van der Waals surface area contributed by atoms with Gasteiger partial charge < -0.3 is 47.0 Å². The molecule has 4 aromatic carbocycles. The molecule has 0 heterocycles. The number of carboxylic acids is 1. The monoisotopic (exact) mass is 924 g/mol. The summed E-state index contributed by atoms with van der Waals surface area (Å²) in [6, 6.07) is 22.3. The third-order valence-corrected chi connectivity index (χ3v) is 10.7. The first-order valence-electron chi connectivity index (χ1n) is 20.5. The highest BCUT2D eigenvalue weighted by Crippen LogP contribution is 2.28. The van der Waals surface area contributed by atoms with Crippen LogP contribution in [-0.2, 0) is 41.6 Å². The first kappa shape index (κ1) is 50.9. The lowest BCUT2D eigenvalue weighted by Crippen LogP contribution is -2.54. The van der Waals surface area contributed by atoms with Gasteiger partial charge in [-0.2, -0.15) is 11.8 Å². The Balaban J connectivity index is 1.39. The van der Waals surface area contributed by atoms with Crippen molar-refractivity contribution < 1.29 is 48.7 Å². The van der Waals surface area contributed by atoms with Crippen LogP contribution in [0.4, 0.5) is 11.4 Å². The number of carbonyl (C=O) groups excluding carboxylic acids is 6. The van der Waals surface area contributed by atoms with Crippen LogP contribution in [0.25, 0.3) is 5.70 Å². The lowest BCUT2D eigenvalue weighted by molar-refractivity contribution is -0.384. The van der Waals surface area contributed by atoms with E-state index in [2.05, 4.69) is 31.9 Å². The van der Waals surface area contributed by atoms with Gasteiger partial charge in [0, 0.05) is 55.4 Å². The normalized spacial score (nSPS) is 12.3. The van der Waals surface area contributed by atoms with E-state index in [0.717, 1.165) is 5.56 Å². The van der Waals surface area contributed by atoms with Crippen LogP contribution >= 0.6 is 11.8 Å².